The highest BCUT2D eigenvalue weighted by Crippen LogP contribution is 2.37. The number of nitrogens with one attached hydrogen (secondary N) is 1. The van der Waals surface area contributed by atoms with E-state index in [1.165, 1.54) is 18.2 Å². The van der Waals surface area contributed by atoms with Gasteiger partial charge >= 0.3 is 0 Å². The van der Waals surface area contributed by atoms with Gasteiger partial charge in [0.2, 0.25) is 10.0 Å². The van der Waals surface area contributed by atoms with Crippen molar-refractivity contribution in [2.24, 2.45) is 0 Å². The minimum atomic E-state index is -4.36. The number of ether oxygens (including phenoxy) is 1. The molecule has 0 fully saturated rings. The third kappa shape index (κ3) is 6.92. The van der Waals surface area contributed by atoms with Crippen LogP contribution in [-0.4, -0.2) is 39.9 Å². The monoisotopic (exact) mass is 518 g/mol. The Balaban J connectivity index is 2.51. The van der Waals surface area contributed by atoms with Crippen LogP contribution in [0.2, 0.25) is 18.1 Å². The number of nitrogens with zero attached hydrogens (tertiary/aromatic N) is 1. The zero-order valence-electron chi connectivity index (χ0n) is 21.3. The Morgan fingerprint density at radius 3 is 2.20 bits per heavy atom. The van der Waals surface area contributed by atoms with Crippen LogP contribution in [0.4, 0.5) is 5.69 Å². The smallest absolute Gasteiger partial charge is 0.289 e. The molecule has 2 aromatic rings. The summed E-state index contributed by atoms with van der Waals surface area (Å²) in [5, 5.41) is 11.3. The van der Waals surface area contributed by atoms with Crippen molar-refractivity contribution >= 4 is 24.0 Å². The predicted octanol–water partition coefficient (Wildman–Crippen LogP) is 5.04. The maximum absolute atomic E-state index is 13.4. The molecule has 1 N–H and O–H groups in total. The predicted molar refractivity (Wildman–Crippen MR) is 139 cm³/mol. The molecule has 0 bridgehead atoms. The Bertz CT molecular complexity index is 1200. The number of nitro benzene ring substituents is 1. The van der Waals surface area contributed by atoms with Gasteiger partial charge in [-0.3, -0.25) is 10.1 Å². The first-order valence-electron chi connectivity index (χ1n) is 11.2. The number of benzene rings is 2. The lowest BCUT2D eigenvalue weighted by Crippen LogP contribution is -2.57. The minimum absolute atomic E-state index is 0.0804. The average Bonchev–Trinajstić information content (AvgIpc) is 2.77. The normalized spacial score (nSPS) is 15.0. The van der Waals surface area contributed by atoms with Crippen molar-refractivity contribution in [3.8, 4) is 18.1 Å². The molecule has 2 rings (SSSR count). The van der Waals surface area contributed by atoms with Gasteiger partial charge in [0.15, 0.2) is 18.8 Å². The Morgan fingerprint density at radius 2 is 1.69 bits per heavy atom. The zero-order valence-corrected chi connectivity index (χ0v) is 23.1. The molecule has 0 aliphatic heterocycles. The van der Waals surface area contributed by atoms with Gasteiger partial charge in [-0.05, 0) is 50.2 Å². The highest BCUT2D eigenvalue weighted by molar-refractivity contribution is 7.89. The van der Waals surface area contributed by atoms with E-state index in [4.69, 9.17) is 15.6 Å². The van der Waals surface area contributed by atoms with E-state index < -0.39 is 45.5 Å². The number of hydrogen-bond donors (Lipinski definition) is 1. The number of para-hydroxylation sites is 1. The lowest BCUT2D eigenvalue weighted by atomic mass is 9.98. The molecule has 8 nitrogen and oxygen atoms in total. The van der Waals surface area contributed by atoms with E-state index in [0.29, 0.717) is 5.75 Å². The third-order valence-corrected chi connectivity index (χ3v) is 12.4. The molecule has 0 radical (unpaired) electrons. The molecule has 0 unspecified atom stereocenters. The molecule has 0 amide bonds. The number of terminal acetylenes is 1. The van der Waals surface area contributed by atoms with Crippen LogP contribution in [0.25, 0.3) is 0 Å². The number of rotatable bonds is 10. The van der Waals surface area contributed by atoms with E-state index in [0.717, 1.165) is 11.6 Å². The van der Waals surface area contributed by atoms with Gasteiger partial charge in [0, 0.05) is 6.07 Å². The topological polar surface area (TPSA) is 108 Å². The Hall–Kier alpha value is -2.71. The number of hydrogen-bond acceptors (Lipinski definition) is 6. The molecule has 0 saturated heterocycles. The lowest BCUT2D eigenvalue weighted by molar-refractivity contribution is -0.387. The summed E-state index contributed by atoms with van der Waals surface area (Å²) >= 11 is 0. The summed E-state index contributed by atoms with van der Waals surface area (Å²) in [7, 11) is -6.67. The summed E-state index contributed by atoms with van der Waals surface area (Å²) in [5.74, 6) is 3.04. The van der Waals surface area contributed by atoms with Crippen LogP contribution < -0.4 is 9.46 Å². The Morgan fingerprint density at radius 1 is 1.11 bits per heavy atom. The highest BCUT2D eigenvalue weighted by Gasteiger charge is 2.43. The Kier molecular flexibility index (Phi) is 8.56. The Labute approximate surface area is 209 Å². The van der Waals surface area contributed by atoms with Gasteiger partial charge in [-0.2, -0.15) is 0 Å². The van der Waals surface area contributed by atoms with Gasteiger partial charge in [-0.15, -0.1) is 6.42 Å². The van der Waals surface area contributed by atoms with Crippen LogP contribution in [0.3, 0.4) is 0 Å². The SMILES string of the molecule is C#C[C@@](C)(Oc1ccc(C)cc1)[C@@H](CO[Si](C)(C)C(C)(C)C)NS(=O)(=O)c1ccccc1[N+](=O)[O-]. The minimum Gasteiger partial charge on any atom is -0.473 e. The largest absolute Gasteiger partial charge is 0.473 e. The van der Waals surface area contributed by atoms with Gasteiger partial charge < -0.3 is 9.16 Å². The van der Waals surface area contributed by atoms with E-state index in [1.807, 2.05) is 32.2 Å². The summed E-state index contributed by atoms with van der Waals surface area (Å²) in [4.78, 5) is 10.3. The summed E-state index contributed by atoms with van der Waals surface area (Å²) in [5.41, 5.74) is -0.977. The van der Waals surface area contributed by atoms with Crippen LogP contribution in [0.15, 0.2) is 53.4 Å². The second kappa shape index (κ2) is 10.5. The molecule has 0 heterocycles. The van der Waals surface area contributed by atoms with Crippen molar-refractivity contribution in [2.75, 3.05) is 6.61 Å². The summed E-state index contributed by atoms with van der Waals surface area (Å²) < 4.78 is 41.7. The van der Waals surface area contributed by atoms with Crippen LogP contribution in [0, 0.1) is 29.4 Å². The molecular formula is C25H34N2O6SSi. The standard InChI is InChI=1S/C25H34N2O6SSi/c1-9-25(6,33-20-16-14-19(2)15-17-20)23(18-32-35(7,8)24(3,4)5)26-34(30,31)22-13-11-10-12-21(22)27(28)29/h1,10-17,23,26H,18H2,2-8H3/t23-,25-/m1/s1. The van der Waals surface area contributed by atoms with Crippen molar-refractivity contribution in [1.29, 1.82) is 0 Å². The fraction of sp³-hybridized carbons (Fsp3) is 0.440. The van der Waals surface area contributed by atoms with Gasteiger partial charge in [-0.1, -0.05) is 56.5 Å². The fourth-order valence-electron chi connectivity index (χ4n) is 2.95. The van der Waals surface area contributed by atoms with E-state index in [9.17, 15) is 18.5 Å². The molecule has 2 aromatic carbocycles. The van der Waals surface area contributed by atoms with Crippen LogP contribution in [0.5, 0.6) is 5.75 Å². The maximum atomic E-state index is 13.4. The first-order chi connectivity index (χ1) is 16.0. The van der Waals surface area contributed by atoms with Crippen molar-refractivity contribution < 1.29 is 22.5 Å². The number of aryl methyl sites for hydroxylation is 1. The third-order valence-electron chi connectivity index (χ3n) is 6.37. The molecule has 0 spiro atoms. The van der Waals surface area contributed by atoms with Gasteiger partial charge in [0.25, 0.3) is 5.69 Å². The van der Waals surface area contributed by atoms with Crippen molar-refractivity contribution in [2.45, 2.75) is 69.3 Å². The van der Waals surface area contributed by atoms with Crippen molar-refractivity contribution in [3.05, 3.63) is 64.2 Å². The highest BCUT2D eigenvalue weighted by atomic mass is 32.2. The van der Waals surface area contributed by atoms with E-state index >= 15 is 0 Å². The van der Waals surface area contributed by atoms with Crippen LogP contribution in [0.1, 0.15) is 33.3 Å². The van der Waals surface area contributed by atoms with Crippen molar-refractivity contribution in [1.82, 2.24) is 4.72 Å². The second-order valence-corrected chi connectivity index (χ2v) is 16.6. The first kappa shape index (κ1) is 28.5. The van der Waals surface area contributed by atoms with Gasteiger partial charge in [0.05, 0.1) is 17.6 Å². The quantitative estimate of drug-likeness (QED) is 0.204. The summed E-state index contributed by atoms with van der Waals surface area (Å²) in [6.45, 7) is 13.7. The average molecular weight is 519 g/mol. The number of sulfonamides is 1. The maximum Gasteiger partial charge on any atom is 0.289 e. The van der Waals surface area contributed by atoms with E-state index in [1.54, 1.807) is 19.1 Å². The molecule has 190 valence electrons. The lowest BCUT2D eigenvalue weighted by Gasteiger charge is -2.40. The molecule has 10 heteroatoms. The molecule has 0 aliphatic carbocycles. The van der Waals surface area contributed by atoms with Gasteiger partial charge in [0.1, 0.15) is 5.75 Å². The number of nitro groups is 1. The van der Waals surface area contributed by atoms with Crippen LogP contribution >= 0.6 is 0 Å². The molecule has 35 heavy (non-hydrogen) atoms. The molecule has 0 aromatic heterocycles. The molecule has 0 saturated carbocycles. The molecule has 2 atom stereocenters. The summed E-state index contributed by atoms with van der Waals surface area (Å²) in [6.07, 6.45) is 5.88. The van der Waals surface area contributed by atoms with Crippen LogP contribution in [-0.2, 0) is 14.4 Å². The van der Waals surface area contributed by atoms with E-state index in [-0.39, 0.29) is 11.6 Å². The fourth-order valence-corrected chi connectivity index (χ4v) is 5.44. The molecular weight excluding hydrogens is 484 g/mol. The van der Waals surface area contributed by atoms with Crippen molar-refractivity contribution in [3.63, 3.8) is 0 Å². The van der Waals surface area contributed by atoms with E-state index in [2.05, 4.69) is 31.4 Å². The first-order valence-corrected chi connectivity index (χ1v) is 15.5. The second-order valence-electron chi connectivity index (χ2n) is 10.1. The molecule has 0 aliphatic rings. The van der Waals surface area contributed by atoms with Gasteiger partial charge in [-0.25, -0.2) is 13.1 Å². The zero-order chi connectivity index (χ0) is 26.7. The summed E-state index contributed by atoms with van der Waals surface area (Å²) in [6, 6.07) is 11.3.